The number of hydrogen-bond acceptors (Lipinski definition) is 2. The summed E-state index contributed by atoms with van der Waals surface area (Å²) in [4.78, 5) is 25.5. The molecule has 1 aliphatic heterocycles. The molecule has 2 amide bonds. The average molecular weight is 363 g/mol. The highest BCUT2D eigenvalue weighted by molar-refractivity contribution is 6.34. The van der Waals surface area contributed by atoms with Crippen LogP contribution in [-0.4, -0.2) is 23.9 Å². The highest BCUT2D eigenvalue weighted by Crippen LogP contribution is 2.37. The van der Waals surface area contributed by atoms with E-state index >= 15 is 0 Å². The highest BCUT2D eigenvalue weighted by Gasteiger charge is 2.38. The number of carbonyl (C=O) groups is 2. The molecule has 0 aromatic heterocycles. The topological polar surface area (TPSA) is 49.4 Å². The van der Waals surface area contributed by atoms with Gasteiger partial charge in [-0.2, -0.15) is 13.2 Å². The standard InChI is InChI=1S/C16H18ClF3N2O2/c1-15(2,3)21-14(24)9-6-13(23)22(8-9)12-7-10(16(18,19)20)4-5-11(12)17/h4-5,7,9H,6,8H2,1-3H3,(H,21,24). The Morgan fingerprint density at radius 2 is 1.92 bits per heavy atom. The minimum absolute atomic E-state index is 0.00176. The van der Waals surface area contributed by atoms with Crippen molar-refractivity contribution in [3.63, 3.8) is 0 Å². The number of hydrogen-bond donors (Lipinski definition) is 1. The van der Waals surface area contributed by atoms with E-state index in [1.807, 2.05) is 20.8 Å². The summed E-state index contributed by atoms with van der Waals surface area (Å²) in [6.45, 7) is 5.43. The second-order valence-electron chi connectivity index (χ2n) is 6.81. The van der Waals surface area contributed by atoms with Crippen LogP contribution in [-0.2, 0) is 15.8 Å². The summed E-state index contributed by atoms with van der Waals surface area (Å²) in [5.74, 6) is -1.35. The maximum absolute atomic E-state index is 12.9. The first-order valence-corrected chi connectivity index (χ1v) is 7.75. The van der Waals surface area contributed by atoms with Crippen LogP contribution >= 0.6 is 11.6 Å². The van der Waals surface area contributed by atoms with Gasteiger partial charge in [-0.25, -0.2) is 0 Å². The molecule has 8 heteroatoms. The number of halogens is 4. The predicted octanol–water partition coefficient (Wildman–Crippen LogP) is 3.63. The Bertz CT molecular complexity index is 668. The van der Waals surface area contributed by atoms with Gasteiger partial charge in [-0.3, -0.25) is 9.59 Å². The lowest BCUT2D eigenvalue weighted by atomic mass is 10.0. The first-order chi connectivity index (χ1) is 10.9. The van der Waals surface area contributed by atoms with Gasteiger partial charge in [0.25, 0.3) is 0 Å². The number of anilines is 1. The molecule has 132 valence electrons. The lowest BCUT2D eigenvalue weighted by Gasteiger charge is -2.23. The van der Waals surface area contributed by atoms with E-state index in [-0.39, 0.29) is 29.6 Å². The van der Waals surface area contributed by atoms with Gasteiger partial charge in [-0.15, -0.1) is 0 Å². The molecule has 1 unspecified atom stereocenters. The summed E-state index contributed by atoms with van der Waals surface area (Å²) in [5.41, 5.74) is -1.37. The molecule has 1 atom stereocenters. The van der Waals surface area contributed by atoms with Crippen LogP contribution in [0.3, 0.4) is 0 Å². The zero-order chi connectivity index (χ0) is 18.3. The summed E-state index contributed by atoms with van der Waals surface area (Å²) in [7, 11) is 0. The van der Waals surface area contributed by atoms with Gasteiger partial charge in [0.2, 0.25) is 11.8 Å². The maximum atomic E-state index is 12.9. The predicted molar refractivity (Wildman–Crippen MR) is 84.8 cm³/mol. The molecule has 0 spiro atoms. The van der Waals surface area contributed by atoms with Crippen LogP contribution in [0.1, 0.15) is 32.8 Å². The van der Waals surface area contributed by atoms with E-state index in [1.165, 1.54) is 0 Å². The number of nitrogens with zero attached hydrogens (tertiary/aromatic N) is 1. The molecule has 1 aromatic rings. The number of alkyl halides is 3. The van der Waals surface area contributed by atoms with Gasteiger partial charge >= 0.3 is 6.18 Å². The third-order valence-corrected chi connectivity index (χ3v) is 3.88. The number of amides is 2. The SMILES string of the molecule is CC(C)(C)NC(=O)C1CC(=O)N(c2cc(C(F)(F)F)ccc2Cl)C1. The van der Waals surface area contributed by atoms with Crippen LogP contribution in [0.5, 0.6) is 0 Å². The van der Waals surface area contributed by atoms with Crippen molar-refractivity contribution in [2.24, 2.45) is 5.92 Å². The molecular weight excluding hydrogens is 345 g/mol. The summed E-state index contributed by atoms with van der Waals surface area (Å²) in [6, 6.07) is 2.80. The van der Waals surface area contributed by atoms with Gasteiger partial charge < -0.3 is 10.2 Å². The molecular formula is C16H18ClF3N2O2. The van der Waals surface area contributed by atoms with Crippen LogP contribution in [0.2, 0.25) is 5.02 Å². The quantitative estimate of drug-likeness (QED) is 0.873. The van der Waals surface area contributed by atoms with Crippen molar-refractivity contribution in [1.29, 1.82) is 0 Å². The van der Waals surface area contributed by atoms with Crippen molar-refractivity contribution >= 4 is 29.1 Å². The van der Waals surface area contributed by atoms with E-state index in [0.29, 0.717) is 0 Å². The van der Waals surface area contributed by atoms with Crippen molar-refractivity contribution in [1.82, 2.24) is 5.32 Å². The monoisotopic (exact) mass is 362 g/mol. The van der Waals surface area contributed by atoms with E-state index in [9.17, 15) is 22.8 Å². The Balaban J connectivity index is 2.25. The summed E-state index contributed by atoms with van der Waals surface area (Å²) in [6.07, 6.45) is -4.60. The van der Waals surface area contributed by atoms with Crippen LogP contribution in [0.25, 0.3) is 0 Å². The number of rotatable bonds is 2. The minimum Gasteiger partial charge on any atom is -0.351 e. The molecule has 1 heterocycles. The lowest BCUT2D eigenvalue weighted by molar-refractivity contribution is -0.137. The Morgan fingerprint density at radius 1 is 1.29 bits per heavy atom. The van der Waals surface area contributed by atoms with Crippen LogP contribution in [0, 0.1) is 5.92 Å². The van der Waals surface area contributed by atoms with E-state index in [0.717, 1.165) is 23.1 Å². The fourth-order valence-electron chi connectivity index (χ4n) is 2.48. The number of benzene rings is 1. The second kappa shape index (κ2) is 6.27. The largest absolute Gasteiger partial charge is 0.416 e. The molecule has 4 nitrogen and oxygen atoms in total. The Morgan fingerprint density at radius 3 is 2.46 bits per heavy atom. The van der Waals surface area contributed by atoms with Crippen molar-refractivity contribution in [3.05, 3.63) is 28.8 Å². The molecule has 0 radical (unpaired) electrons. The maximum Gasteiger partial charge on any atom is 0.416 e. The molecule has 1 aromatic carbocycles. The number of carbonyl (C=O) groups excluding carboxylic acids is 2. The van der Waals surface area contributed by atoms with Gasteiger partial charge in [0.1, 0.15) is 0 Å². The van der Waals surface area contributed by atoms with E-state index in [4.69, 9.17) is 11.6 Å². The normalized spacial score (nSPS) is 18.9. The minimum atomic E-state index is -4.54. The van der Waals surface area contributed by atoms with Gasteiger partial charge in [0.15, 0.2) is 0 Å². The lowest BCUT2D eigenvalue weighted by Crippen LogP contribution is -2.44. The smallest absolute Gasteiger partial charge is 0.351 e. The molecule has 1 aliphatic rings. The van der Waals surface area contributed by atoms with Crippen molar-refractivity contribution in [3.8, 4) is 0 Å². The Labute approximate surface area is 143 Å². The third-order valence-electron chi connectivity index (χ3n) is 3.56. The first kappa shape index (κ1) is 18.6. The molecule has 1 saturated heterocycles. The van der Waals surface area contributed by atoms with Gasteiger partial charge in [-0.1, -0.05) is 11.6 Å². The molecule has 0 aliphatic carbocycles. The van der Waals surface area contributed by atoms with Gasteiger partial charge in [0.05, 0.1) is 22.2 Å². The van der Waals surface area contributed by atoms with E-state index in [2.05, 4.69) is 5.32 Å². The highest BCUT2D eigenvalue weighted by atomic mass is 35.5. The summed E-state index contributed by atoms with van der Waals surface area (Å²) in [5, 5.41) is 2.81. The fraction of sp³-hybridized carbons (Fsp3) is 0.500. The molecule has 0 bridgehead atoms. The molecule has 24 heavy (non-hydrogen) atoms. The first-order valence-electron chi connectivity index (χ1n) is 7.37. The van der Waals surface area contributed by atoms with Crippen LogP contribution in [0.15, 0.2) is 18.2 Å². The zero-order valence-electron chi connectivity index (χ0n) is 13.5. The summed E-state index contributed by atoms with van der Waals surface area (Å²) >= 11 is 5.96. The molecule has 2 rings (SSSR count). The Kier molecular flexibility index (Phi) is 4.86. The second-order valence-corrected chi connectivity index (χ2v) is 7.22. The van der Waals surface area contributed by atoms with Crippen molar-refractivity contribution in [2.45, 2.75) is 38.9 Å². The average Bonchev–Trinajstić information content (AvgIpc) is 2.78. The molecule has 0 saturated carbocycles. The van der Waals surface area contributed by atoms with E-state index < -0.39 is 29.1 Å². The molecule has 1 fully saturated rings. The fourth-order valence-corrected chi connectivity index (χ4v) is 2.70. The van der Waals surface area contributed by atoms with Gasteiger partial charge in [-0.05, 0) is 39.0 Å². The summed E-state index contributed by atoms with van der Waals surface area (Å²) < 4.78 is 38.6. The third kappa shape index (κ3) is 4.20. The van der Waals surface area contributed by atoms with Crippen LogP contribution in [0.4, 0.5) is 18.9 Å². The van der Waals surface area contributed by atoms with E-state index in [1.54, 1.807) is 0 Å². The number of nitrogens with one attached hydrogen (secondary N) is 1. The Hall–Kier alpha value is -1.76. The van der Waals surface area contributed by atoms with Crippen molar-refractivity contribution in [2.75, 3.05) is 11.4 Å². The van der Waals surface area contributed by atoms with Crippen LogP contribution < -0.4 is 10.2 Å². The zero-order valence-corrected chi connectivity index (χ0v) is 14.3. The van der Waals surface area contributed by atoms with Crippen molar-refractivity contribution < 1.29 is 22.8 Å². The van der Waals surface area contributed by atoms with Gasteiger partial charge in [0, 0.05) is 18.5 Å². The molecule has 1 N–H and O–H groups in total.